The smallest absolute Gasteiger partial charge is 0.251 e. The van der Waals surface area contributed by atoms with E-state index in [0.717, 1.165) is 24.5 Å². The average molecular weight is 256 g/mol. The number of carbonyl (C=O) groups is 1. The first kappa shape index (κ1) is 11.0. The predicted octanol–water partition coefficient (Wildman–Crippen LogP) is 0.814. The Morgan fingerprint density at radius 3 is 3.16 bits per heavy atom. The molecular formula is C14H16N4O. The van der Waals surface area contributed by atoms with Gasteiger partial charge in [0.2, 0.25) is 0 Å². The van der Waals surface area contributed by atoms with Crippen molar-refractivity contribution in [3.8, 4) is 0 Å². The number of aromatic nitrogens is 2. The van der Waals surface area contributed by atoms with Gasteiger partial charge in [-0.25, -0.2) is 4.98 Å². The molecule has 3 atom stereocenters. The zero-order chi connectivity index (χ0) is 12.8. The number of nitrogens with one attached hydrogen (secondary N) is 2. The standard InChI is InChI=1S/C14H16N4O/c19-14(17-12-6-9-5-11(12)16-8-9)10-1-3-18-4-2-15-13(18)7-10/h1-4,7,9,11-12,16H,5-6,8H2,(H,17,19)/t9-,11-,12+/m1/s1. The second-order valence-corrected chi connectivity index (χ2v) is 5.54. The maximum Gasteiger partial charge on any atom is 0.251 e. The summed E-state index contributed by atoms with van der Waals surface area (Å²) in [6, 6.07) is 4.41. The quantitative estimate of drug-likeness (QED) is 0.836. The van der Waals surface area contributed by atoms with Gasteiger partial charge in [-0.1, -0.05) is 0 Å². The van der Waals surface area contributed by atoms with Gasteiger partial charge in [0, 0.05) is 36.2 Å². The summed E-state index contributed by atoms with van der Waals surface area (Å²) in [6.45, 7) is 1.11. The zero-order valence-corrected chi connectivity index (χ0v) is 10.5. The highest BCUT2D eigenvalue weighted by Crippen LogP contribution is 2.31. The second kappa shape index (κ2) is 4.06. The van der Waals surface area contributed by atoms with Gasteiger partial charge in [-0.2, -0.15) is 0 Å². The fraction of sp³-hybridized carbons (Fsp3) is 0.429. The Kier molecular flexibility index (Phi) is 2.35. The number of hydrogen-bond acceptors (Lipinski definition) is 3. The molecule has 2 bridgehead atoms. The van der Waals surface area contributed by atoms with E-state index in [1.165, 1.54) is 6.42 Å². The van der Waals surface area contributed by atoms with Crippen molar-refractivity contribution in [1.29, 1.82) is 0 Å². The first-order valence-electron chi connectivity index (χ1n) is 6.76. The fourth-order valence-corrected chi connectivity index (χ4v) is 3.32. The van der Waals surface area contributed by atoms with Gasteiger partial charge in [-0.3, -0.25) is 4.79 Å². The Bertz CT molecular complexity index is 635. The van der Waals surface area contributed by atoms with E-state index in [2.05, 4.69) is 15.6 Å². The molecule has 3 heterocycles. The van der Waals surface area contributed by atoms with Crippen LogP contribution in [0.4, 0.5) is 0 Å². The molecular weight excluding hydrogens is 240 g/mol. The summed E-state index contributed by atoms with van der Waals surface area (Å²) in [5.74, 6) is 0.745. The van der Waals surface area contributed by atoms with E-state index in [9.17, 15) is 4.79 Å². The lowest BCUT2D eigenvalue weighted by molar-refractivity contribution is 0.0928. The first-order valence-corrected chi connectivity index (χ1v) is 6.76. The Labute approximate surface area is 111 Å². The fourth-order valence-electron chi connectivity index (χ4n) is 3.32. The van der Waals surface area contributed by atoms with E-state index in [-0.39, 0.29) is 11.9 Å². The number of fused-ring (bicyclic) bond motifs is 3. The lowest BCUT2D eigenvalue weighted by Gasteiger charge is -2.23. The molecule has 2 fully saturated rings. The molecule has 19 heavy (non-hydrogen) atoms. The second-order valence-electron chi connectivity index (χ2n) is 5.54. The third kappa shape index (κ3) is 1.81. The Hall–Kier alpha value is -1.88. The van der Waals surface area contributed by atoms with E-state index in [1.54, 1.807) is 6.20 Å². The van der Waals surface area contributed by atoms with E-state index in [1.807, 2.05) is 28.9 Å². The van der Waals surface area contributed by atoms with Gasteiger partial charge in [0.05, 0.1) is 0 Å². The van der Waals surface area contributed by atoms with Crippen LogP contribution in [0.3, 0.4) is 0 Å². The normalized spacial score (nSPS) is 28.9. The monoisotopic (exact) mass is 256 g/mol. The molecule has 1 saturated carbocycles. The van der Waals surface area contributed by atoms with Crippen LogP contribution < -0.4 is 10.6 Å². The van der Waals surface area contributed by atoms with Crippen molar-refractivity contribution in [3.63, 3.8) is 0 Å². The molecule has 5 nitrogen and oxygen atoms in total. The molecule has 0 spiro atoms. The van der Waals surface area contributed by atoms with Crippen LogP contribution in [0.1, 0.15) is 23.2 Å². The van der Waals surface area contributed by atoms with Crippen molar-refractivity contribution >= 4 is 11.6 Å². The van der Waals surface area contributed by atoms with Crippen molar-refractivity contribution < 1.29 is 4.79 Å². The molecule has 1 amide bonds. The Morgan fingerprint density at radius 1 is 1.42 bits per heavy atom. The predicted molar refractivity (Wildman–Crippen MR) is 71.0 cm³/mol. The number of carbonyl (C=O) groups excluding carboxylic acids is 1. The topological polar surface area (TPSA) is 58.4 Å². The molecule has 98 valence electrons. The first-order chi connectivity index (χ1) is 9.29. The van der Waals surface area contributed by atoms with Gasteiger partial charge in [-0.15, -0.1) is 0 Å². The summed E-state index contributed by atoms with van der Waals surface area (Å²) >= 11 is 0. The lowest BCUT2D eigenvalue weighted by atomic mass is 10.1. The molecule has 2 aromatic rings. The Balaban J connectivity index is 1.53. The van der Waals surface area contributed by atoms with Crippen LogP contribution >= 0.6 is 0 Å². The molecule has 4 rings (SSSR count). The van der Waals surface area contributed by atoms with Crippen LogP contribution in [-0.2, 0) is 0 Å². The lowest BCUT2D eigenvalue weighted by Crippen LogP contribution is -2.47. The summed E-state index contributed by atoms with van der Waals surface area (Å²) < 4.78 is 1.90. The minimum Gasteiger partial charge on any atom is -0.348 e. The molecule has 1 aliphatic carbocycles. The third-order valence-electron chi connectivity index (χ3n) is 4.31. The number of nitrogens with zero attached hydrogens (tertiary/aromatic N) is 2. The summed E-state index contributed by atoms with van der Waals surface area (Å²) in [4.78, 5) is 16.5. The highest BCUT2D eigenvalue weighted by Gasteiger charge is 2.39. The van der Waals surface area contributed by atoms with Crippen molar-refractivity contribution in [2.24, 2.45) is 5.92 Å². The third-order valence-corrected chi connectivity index (χ3v) is 4.31. The van der Waals surface area contributed by atoms with Crippen LogP contribution in [0, 0.1) is 5.92 Å². The maximum atomic E-state index is 12.3. The van der Waals surface area contributed by atoms with E-state index < -0.39 is 0 Å². The maximum absolute atomic E-state index is 12.3. The molecule has 2 N–H and O–H groups in total. The van der Waals surface area contributed by atoms with Gasteiger partial charge in [-0.05, 0) is 37.4 Å². The van der Waals surface area contributed by atoms with Crippen molar-refractivity contribution in [2.75, 3.05) is 6.54 Å². The molecule has 5 heteroatoms. The number of amides is 1. The summed E-state index contributed by atoms with van der Waals surface area (Å²) in [5, 5.41) is 6.60. The minimum atomic E-state index is 0.00449. The summed E-state index contributed by atoms with van der Waals surface area (Å²) in [7, 11) is 0. The molecule has 2 aliphatic rings. The van der Waals surface area contributed by atoms with E-state index >= 15 is 0 Å². The van der Waals surface area contributed by atoms with Crippen molar-refractivity contribution in [3.05, 3.63) is 36.3 Å². The molecule has 1 aliphatic heterocycles. The van der Waals surface area contributed by atoms with Crippen molar-refractivity contribution in [2.45, 2.75) is 24.9 Å². The molecule has 0 unspecified atom stereocenters. The van der Waals surface area contributed by atoms with Crippen molar-refractivity contribution in [1.82, 2.24) is 20.0 Å². The van der Waals surface area contributed by atoms with Crippen LogP contribution in [0.5, 0.6) is 0 Å². The van der Waals surface area contributed by atoms with Crippen LogP contribution in [0.25, 0.3) is 5.65 Å². The molecule has 1 saturated heterocycles. The summed E-state index contributed by atoms with van der Waals surface area (Å²) in [5.41, 5.74) is 1.49. The van der Waals surface area contributed by atoms with Crippen LogP contribution in [-0.4, -0.2) is 33.9 Å². The average Bonchev–Trinajstić information content (AvgIpc) is 3.13. The van der Waals surface area contributed by atoms with Gasteiger partial charge in [0.25, 0.3) is 5.91 Å². The van der Waals surface area contributed by atoms with Gasteiger partial charge in [0.15, 0.2) is 0 Å². The number of imidazole rings is 1. The molecule has 0 radical (unpaired) electrons. The highest BCUT2D eigenvalue weighted by molar-refractivity contribution is 5.95. The van der Waals surface area contributed by atoms with E-state index in [0.29, 0.717) is 11.6 Å². The largest absolute Gasteiger partial charge is 0.348 e. The van der Waals surface area contributed by atoms with E-state index in [4.69, 9.17) is 0 Å². The molecule has 0 aromatic carbocycles. The number of piperidine rings is 1. The highest BCUT2D eigenvalue weighted by atomic mass is 16.1. The zero-order valence-electron chi connectivity index (χ0n) is 10.5. The minimum absolute atomic E-state index is 0.00449. The summed E-state index contributed by atoms with van der Waals surface area (Å²) in [6.07, 6.45) is 7.78. The van der Waals surface area contributed by atoms with Crippen LogP contribution in [0.2, 0.25) is 0 Å². The number of hydrogen-bond donors (Lipinski definition) is 2. The van der Waals surface area contributed by atoms with Gasteiger partial charge in [0.1, 0.15) is 5.65 Å². The Morgan fingerprint density at radius 2 is 2.37 bits per heavy atom. The van der Waals surface area contributed by atoms with Crippen LogP contribution in [0.15, 0.2) is 30.7 Å². The van der Waals surface area contributed by atoms with Gasteiger partial charge < -0.3 is 15.0 Å². The number of rotatable bonds is 2. The molecule has 2 aromatic heterocycles. The number of pyridine rings is 1. The SMILES string of the molecule is O=C(N[C@H]1C[C@@H]2CN[C@@H]1C2)c1ccn2ccnc2c1. The van der Waals surface area contributed by atoms with Gasteiger partial charge >= 0.3 is 0 Å².